The quantitative estimate of drug-likeness (QED) is 0.0243. The number of nitrogens with zero attached hydrogens (tertiary/aromatic N) is 1. The first-order valence-electron chi connectivity index (χ1n) is 31.9. The van der Waals surface area contributed by atoms with Crippen LogP contribution in [0.1, 0.15) is 316 Å². The number of nitrogens with one attached hydrogen (secondary N) is 1. The van der Waals surface area contributed by atoms with E-state index in [0.717, 1.165) is 64.2 Å². The van der Waals surface area contributed by atoms with Crippen molar-refractivity contribution in [2.75, 3.05) is 40.9 Å². The van der Waals surface area contributed by atoms with Crippen molar-refractivity contribution in [3.8, 4) is 0 Å². The van der Waals surface area contributed by atoms with Crippen LogP contribution in [0.2, 0.25) is 0 Å². The van der Waals surface area contributed by atoms with Crippen LogP contribution in [0.15, 0.2) is 36.5 Å². The maximum absolute atomic E-state index is 13.0. The van der Waals surface area contributed by atoms with Crippen molar-refractivity contribution in [1.29, 1.82) is 0 Å². The first kappa shape index (κ1) is 71.7. The maximum Gasteiger partial charge on any atom is 0.472 e. The Bertz CT molecular complexity index is 1280. The van der Waals surface area contributed by atoms with Crippen molar-refractivity contribution in [2.24, 2.45) is 0 Å². The molecule has 9 heteroatoms. The number of aliphatic hydroxyl groups is 1. The molecule has 432 valence electrons. The topological polar surface area (TPSA) is 105 Å². The van der Waals surface area contributed by atoms with Gasteiger partial charge in [-0.3, -0.25) is 13.8 Å². The highest BCUT2D eigenvalue weighted by molar-refractivity contribution is 7.47. The zero-order valence-electron chi connectivity index (χ0n) is 49.4. The fourth-order valence-corrected chi connectivity index (χ4v) is 10.4. The Hall–Kier alpha value is -1.28. The third-order valence-electron chi connectivity index (χ3n) is 14.6. The van der Waals surface area contributed by atoms with Gasteiger partial charge >= 0.3 is 7.82 Å². The molecular formula is C64H126N2O6P+. The number of unbranched alkanes of at least 4 members (excludes halogenated alkanes) is 40. The first-order chi connectivity index (χ1) is 35.5. The Kier molecular flexibility index (Phi) is 54.5. The van der Waals surface area contributed by atoms with Gasteiger partial charge < -0.3 is 19.8 Å². The molecule has 73 heavy (non-hydrogen) atoms. The number of hydrogen-bond acceptors (Lipinski definition) is 5. The average molecular weight is 1050 g/mol. The van der Waals surface area contributed by atoms with Gasteiger partial charge in [-0.15, -0.1) is 0 Å². The molecule has 0 saturated heterocycles. The predicted molar refractivity (Wildman–Crippen MR) is 318 cm³/mol. The Labute approximate surface area is 455 Å². The Morgan fingerprint density at radius 3 is 1.14 bits per heavy atom. The van der Waals surface area contributed by atoms with Gasteiger partial charge in [0.25, 0.3) is 0 Å². The molecule has 0 fully saturated rings. The van der Waals surface area contributed by atoms with E-state index in [1.165, 1.54) is 225 Å². The molecule has 8 nitrogen and oxygen atoms in total. The third-order valence-corrected chi connectivity index (χ3v) is 15.6. The molecule has 0 aliphatic rings. The largest absolute Gasteiger partial charge is 0.472 e. The van der Waals surface area contributed by atoms with E-state index in [-0.39, 0.29) is 19.1 Å². The molecule has 3 atom stereocenters. The molecule has 0 aliphatic carbocycles. The lowest BCUT2D eigenvalue weighted by atomic mass is 10.0. The van der Waals surface area contributed by atoms with E-state index in [0.29, 0.717) is 23.9 Å². The summed E-state index contributed by atoms with van der Waals surface area (Å²) >= 11 is 0. The summed E-state index contributed by atoms with van der Waals surface area (Å²) in [5, 5.41) is 14.1. The summed E-state index contributed by atoms with van der Waals surface area (Å²) in [4.78, 5) is 23.4. The number of hydrogen-bond donors (Lipinski definition) is 3. The number of allylic oxidation sites excluding steroid dienone is 6. The zero-order valence-corrected chi connectivity index (χ0v) is 50.3. The number of likely N-dealkylation sites (N-methyl/N-ethyl adjacent to an activating group) is 1. The fraction of sp³-hybridized carbons (Fsp3) is 0.891. The van der Waals surface area contributed by atoms with Crippen LogP contribution in [0.3, 0.4) is 0 Å². The van der Waals surface area contributed by atoms with Crippen LogP contribution in [-0.4, -0.2) is 73.4 Å². The van der Waals surface area contributed by atoms with Gasteiger partial charge in [0.2, 0.25) is 5.91 Å². The highest BCUT2D eigenvalue weighted by Crippen LogP contribution is 2.43. The zero-order chi connectivity index (χ0) is 53.5. The Morgan fingerprint density at radius 1 is 0.466 bits per heavy atom. The molecule has 0 aliphatic heterocycles. The molecule has 0 rings (SSSR count). The van der Waals surface area contributed by atoms with E-state index >= 15 is 0 Å². The monoisotopic (exact) mass is 1050 g/mol. The number of aliphatic hydroxyl groups excluding tert-OH is 1. The van der Waals surface area contributed by atoms with Gasteiger partial charge in [0.05, 0.1) is 39.9 Å². The van der Waals surface area contributed by atoms with Crippen molar-refractivity contribution >= 4 is 13.7 Å². The maximum atomic E-state index is 13.0. The van der Waals surface area contributed by atoms with Gasteiger partial charge in [-0.05, 0) is 51.4 Å². The standard InChI is InChI=1S/C64H125N2O6P/c1-6-8-10-12-14-16-18-20-22-24-26-28-29-30-31-32-33-34-35-36-38-39-41-43-45-47-49-51-53-55-57-63(67)62(61-72-73(69,70)71-60-59-66(3,4)5)65-64(68)58-56-54-52-50-48-46-44-42-40-37-27-25-23-21-19-17-15-13-11-9-7-2/h19,21,25,27,40,42,62-63,67H,6-18,20,22-24,26,28-39,41,43-61H2,1-5H3,(H-,65,68,69,70)/p+1/b21-19-,27-25-,42-40-. The van der Waals surface area contributed by atoms with E-state index in [2.05, 4.69) is 55.6 Å². The summed E-state index contributed by atoms with van der Waals surface area (Å²) in [6, 6.07) is -0.770. The van der Waals surface area contributed by atoms with Gasteiger partial charge in [-0.25, -0.2) is 4.57 Å². The van der Waals surface area contributed by atoms with Crippen LogP contribution in [-0.2, 0) is 18.4 Å². The summed E-state index contributed by atoms with van der Waals surface area (Å²) in [6.07, 6.45) is 72.2. The minimum atomic E-state index is -4.33. The normalized spacial score (nSPS) is 14.0. The van der Waals surface area contributed by atoms with Crippen molar-refractivity contribution in [3.05, 3.63) is 36.5 Å². The van der Waals surface area contributed by atoms with Crippen LogP contribution in [0.25, 0.3) is 0 Å². The fourth-order valence-electron chi connectivity index (χ4n) is 9.65. The molecule has 0 radical (unpaired) electrons. The SMILES string of the molecule is CCCCCCC/C=C\C/C=C\C/C=C\CCCCCCCCC(=O)NC(COP(=O)(O)OCC[N+](C)(C)C)C(O)CCCCCCCCCCCCCCCCCCCCCCCCCCCCCCCC. The molecule has 3 unspecified atom stereocenters. The van der Waals surface area contributed by atoms with E-state index in [1.807, 2.05) is 21.1 Å². The number of carbonyl (C=O) groups excluding carboxylic acids is 1. The lowest BCUT2D eigenvalue weighted by Gasteiger charge is -2.26. The lowest BCUT2D eigenvalue weighted by Crippen LogP contribution is -2.46. The molecule has 0 aromatic heterocycles. The minimum Gasteiger partial charge on any atom is -0.391 e. The van der Waals surface area contributed by atoms with Gasteiger partial charge in [0.15, 0.2) is 0 Å². The molecule has 1 amide bonds. The second kappa shape index (κ2) is 55.5. The third kappa shape index (κ3) is 58.2. The highest BCUT2D eigenvalue weighted by atomic mass is 31.2. The van der Waals surface area contributed by atoms with Crippen molar-refractivity contribution in [2.45, 2.75) is 328 Å². The van der Waals surface area contributed by atoms with Gasteiger partial charge in [0.1, 0.15) is 13.2 Å². The minimum absolute atomic E-state index is 0.0719. The number of phosphoric ester groups is 1. The van der Waals surface area contributed by atoms with Crippen molar-refractivity contribution in [3.63, 3.8) is 0 Å². The van der Waals surface area contributed by atoms with Crippen molar-refractivity contribution in [1.82, 2.24) is 5.32 Å². The second-order valence-electron chi connectivity index (χ2n) is 23.1. The molecule has 0 heterocycles. The Balaban J connectivity index is 4.09. The van der Waals surface area contributed by atoms with Gasteiger partial charge in [0, 0.05) is 6.42 Å². The number of amides is 1. The molecule has 0 aromatic carbocycles. The van der Waals surface area contributed by atoms with Crippen LogP contribution in [0.5, 0.6) is 0 Å². The first-order valence-corrected chi connectivity index (χ1v) is 33.3. The van der Waals surface area contributed by atoms with E-state index in [9.17, 15) is 19.4 Å². The lowest BCUT2D eigenvalue weighted by molar-refractivity contribution is -0.870. The number of carbonyl (C=O) groups is 1. The van der Waals surface area contributed by atoms with Gasteiger partial charge in [-0.2, -0.15) is 0 Å². The molecule has 0 saturated carbocycles. The summed E-state index contributed by atoms with van der Waals surface area (Å²) in [5.41, 5.74) is 0. The molecule has 3 N–H and O–H groups in total. The molecule has 0 bridgehead atoms. The smallest absolute Gasteiger partial charge is 0.391 e. The molecule has 0 spiro atoms. The second-order valence-corrected chi connectivity index (χ2v) is 24.6. The predicted octanol–water partition coefficient (Wildman–Crippen LogP) is 19.7. The van der Waals surface area contributed by atoms with Crippen LogP contribution < -0.4 is 5.32 Å². The summed E-state index contributed by atoms with van der Waals surface area (Å²) in [5.74, 6) is -0.153. The number of rotatable bonds is 59. The highest BCUT2D eigenvalue weighted by Gasteiger charge is 2.28. The van der Waals surface area contributed by atoms with E-state index in [4.69, 9.17) is 9.05 Å². The number of quaternary nitrogens is 1. The van der Waals surface area contributed by atoms with Crippen LogP contribution >= 0.6 is 7.82 Å². The molecular weight excluding hydrogens is 924 g/mol. The van der Waals surface area contributed by atoms with Gasteiger partial charge in [-0.1, -0.05) is 294 Å². The molecule has 0 aromatic rings. The van der Waals surface area contributed by atoms with E-state index in [1.54, 1.807) is 0 Å². The average Bonchev–Trinajstić information content (AvgIpc) is 3.35. The van der Waals surface area contributed by atoms with Crippen LogP contribution in [0.4, 0.5) is 0 Å². The summed E-state index contributed by atoms with van der Waals surface area (Å²) < 4.78 is 23.8. The van der Waals surface area contributed by atoms with Crippen molar-refractivity contribution < 1.29 is 32.9 Å². The number of phosphoric acid groups is 1. The Morgan fingerprint density at radius 2 is 0.781 bits per heavy atom. The summed E-state index contributed by atoms with van der Waals surface area (Å²) in [6.45, 7) is 4.91. The summed E-state index contributed by atoms with van der Waals surface area (Å²) in [7, 11) is 1.61. The van der Waals surface area contributed by atoms with E-state index < -0.39 is 20.0 Å². The van der Waals surface area contributed by atoms with Crippen LogP contribution in [0, 0.1) is 0 Å².